The maximum atomic E-state index is 6.95. The van der Waals surface area contributed by atoms with E-state index in [1.54, 1.807) is 0 Å². The minimum Gasteiger partial charge on any atom is -0.457 e. The molecule has 0 spiro atoms. The Labute approximate surface area is 352 Å². The van der Waals surface area contributed by atoms with Crippen molar-refractivity contribution in [2.24, 2.45) is 0 Å². The molecule has 0 aliphatic carbocycles. The molecule has 60 heavy (non-hydrogen) atoms. The monoisotopic (exact) mass is 780 g/mol. The molecule has 1 aliphatic heterocycles. The van der Waals surface area contributed by atoms with Gasteiger partial charge >= 0.3 is 0 Å². The van der Waals surface area contributed by atoms with Gasteiger partial charge in [-0.15, -0.1) is 0 Å². The van der Waals surface area contributed by atoms with Gasteiger partial charge in [-0.05, 0) is 93.9 Å². The Hall–Kier alpha value is -7.11. The number of benzene rings is 7. The molecule has 0 saturated carbocycles. The number of anilines is 4. The molecule has 0 radical (unpaired) electrons. The maximum absolute atomic E-state index is 6.95. The molecule has 0 atom stereocenters. The second kappa shape index (κ2) is 14.6. The number of rotatable bonds is 8. The van der Waals surface area contributed by atoms with Gasteiger partial charge in [-0.1, -0.05) is 144 Å². The zero-order valence-corrected chi connectivity index (χ0v) is 34.8. The average Bonchev–Trinajstić information content (AvgIpc) is 3.83. The molecular formula is C55H48N4O. The number of aromatic nitrogens is 2. The Morgan fingerprint density at radius 1 is 0.483 bits per heavy atom. The zero-order valence-electron chi connectivity index (χ0n) is 34.8. The van der Waals surface area contributed by atoms with Gasteiger partial charge in [-0.2, -0.15) is 0 Å². The van der Waals surface area contributed by atoms with Crippen LogP contribution in [0.25, 0.3) is 38.8 Å². The van der Waals surface area contributed by atoms with Crippen molar-refractivity contribution < 1.29 is 4.74 Å². The summed E-state index contributed by atoms with van der Waals surface area (Å²) in [5.74, 6) is 2.42. The molecule has 1 aliphatic rings. The van der Waals surface area contributed by atoms with Gasteiger partial charge in [0.2, 0.25) is 0 Å². The van der Waals surface area contributed by atoms with Gasteiger partial charge in [0.15, 0.2) is 0 Å². The quantitative estimate of drug-likeness (QED) is 0.154. The Kier molecular flexibility index (Phi) is 9.06. The smallest absolute Gasteiger partial charge is 0.137 e. The van der Waals surface area contributed by atoms with Crippen molar-refractivity contribution in [3.05, 3.63) is 205 Å². The van der Waals surface area contributed by atoms with E-state index < -0.39 is 0 Å². The van der Waals surface area contributed by atoms with Crippen LogP contribution in [0.4, 0.5) is 22.7 Å². The topological polar surface area (TPSA) is 33.5 Å². The summed E-state index contributed by atoms with van der Waals surface area (Å²) >= 11 is 0. The first kappa shape index (κ1) is 37.2. The molecule has 2 aromatic heterocycles. The van der Waals surface area contributed by atoms with Crippen molar-refractivity contribution in [2.75, 3.05) is 16.5 Å². The van der Waals surface area contributed by atoms with Crippen molar-refractivity contribution in [3.8, 4) is 28.4 Å². The molecule has 0 bridgehead atoms. The molecular weight excluding hydrogens is 733 g/mol. The summed E-state index contributed by atoms with van der Waals surface area (Å²) in [4.78, 5) is 9.77. The Morgan fingerprint density at radius 3 is 1.90 bits per heavy atom. The normalized spacial score (nSPS) is 12.9. The molecule has 3 heterocycles. The van der Waals surface area contributed by atoms with Crippen LogP contribution in [0.5, 0.6) is 11.5 Å². The van der Waals surface area contributed by atoms with E-state index in [0.29, 0.717) is 6.67 Å². The van der Waals surface area contributed by atoms with Crippen LogP contribution in [0.1, 0.15) is 51.3 Å². The number of fused-ring (bicyclic) bond motifs is 4. The van der Waals surface area contributed by atoms with E-state index in [0.717, 1.165) is 56.2 Å². The molecule has 0 amide bonds. The number of nitrogens with zero attached hydrogens (tertiary/aromatic N) is 4. The summed E-state index contributed by atoms with van der Waals surface area (Å²) in [5, 5.41) is 2.34. The summed E-state index contributed by atoms with van der Waals surface area (Å²) in [6.45, 7) is 12.0. The van der Waals surface area contributed by atoms with Crippen LogP contribution < -0.4 is 14.5 Å². The molecule has 5 heteroatoms. The molecule has 294 valence electrons. The molecule has 0 fully saturated rings. The summed E-state index contributed by atoms with van der Waals surface area (Å²) in [6.07, 6.45) is 1.92. The Bertz CT molecular complexity index is 3010. The number of pyridine rings is 1. The first-order valence-electron chi connectivity index (χ1n) is 20.8. The van der Waals surface area contributed by atoms with Gasteiger partial charge in [0.05, 0.1) is 22.4 Å². The highest BCUT2D eigenvalue weighted by atomic mass is 16.5. The number of hydrogen-bond donors (Lipinski definition) is 0. The first-order valence-corrected chi connectivity index (χ1v) is 20.8. The molecule has 10 rings (SSSR count). The molecule has 0 unspecified atom stereocenters. The lowest BCUT2D eigenvalue weighted by molar-refractivity contribution is 0.483. The van der Waals surface area contributed by atoms with E-state index in [-0.39, 0.29) is 10.8 Å². The van der Waals surface area contributed by atoms with E-state index in [4.69, 9.17) is 9.72 Å². The molecule has 5 nitrogen and oxygen atoms in total. The number of ether oxygens (including phenoxy) is 1. The second-order valence-corrected chi connectivity index (χ2v) is 17.4. The third kappa shape index (κ3) is 6.57. The van der Waals surface area contributed by atoms with Gasteiger partial charge in [0, 0.05) is 45.9 Å². The average molecular weight is 781 g/mol. The molecule has 9 aromatic rings. The lowest BCUT2D eigenvalue weighted by Crippen LogP contribution is -2.28. The lowest BCUT2D eigenvalue weighted by atomic mass is 9.77. The Morgan fingerprint density at radius 2 is 1.13 bits per heavy atom. The van der Waals surface area contributed by atoms with E-state index in [9.17, 15) is 0 Å². The maximum Gasteiger partial charge on any atom is 0.137 e. The summed E-state index contributed by atoms with van der Waals surface area (Å²) in [7, 11) is 0. The third-order valence-corrected chi connectivity index (χ3v) is 12.1. The zero-order chi connectivity index (χ0) is 41.0. The summed E-state index contributed by atoms with van der Waals surface area (Å²) < 4.78 is 9.22. The van der Waals surface area contributed by atoms with Gasteiger partial charge in [-0.3, -0.25) is 4.57 Å². The molecule has 0 saturated heterocycles. The minimum absolute atomic E-state index is 0.0127. The van der Waals surface area contributed by atoms with Crippen molar-refractivity contribution in [2.45, 2.75) is 45.4 Å². The molecule has 0 N–H and O–H groups in total. The van der Waals surface area contributed by atoms with Crippen LogP contribution in [-0.2, 0) is 10.8 Å². The standard InChI is InChI=1S/C55H48N4O/c1-54(2,3)41-30-31-56-53(34-41)59-48-24-14-12-22-45(48)46-29-28-43(36-52(46)59)60-44-33-39(38-18-8-6-9-19-38)32-42(35-44)57-37-58(51-27-17-16-26-50(51)57)49-25-15-13-23-47(49)55(4,5)40-20-10-7-11-21-40/h6-36H,37H2,1-5H3. The van der Waals surface area contributed by atoms with Crippen LogP contribution in [0, 0.1) is 0 Å². The van der Waals surface area contributed by atoms with Gasteiger partial charge in [-0.25, -0.2) is 4.98 Å². The van der Waals surface area contributed by atoms with E-state index in [1.165, 1.54) is 33.5 Å². The fourth-order valence-electron chi connectivity index (χ4n) is 8.89. The Balaban J connectivity index is 1.07. The van der Waals surface area contributed by atoms with Gasteiger partial charge < -0.3 is 14.5 Å². The van der Waals surface area contributed by atoms with Crippen molar-refractivity contribution in [1.82, 2.24) is 9.55 Å². The first-order chi connectivity index (χ1) is 29.1. The number of hydrogen-bond acceptors (Lipinski definition) is 4. The van der Waals surface area contributed by atoms with Crippen LogP contribution in [0.15, 0.2) is 188 Å². The van der Waals surface area contributed by atoms with E-state index in [1.807, 2.05) is 6.20 Å². The molecule has 7 aromatic carbocycles. The fraction of sp³-hybridized carbons (Fsp3) is 0.145. The van der Waals surface area contributed by atoms with Crippen LogP contribution in [-0.4, -0.2) is 16.2 Å². The lowest BCUT2D eigenvalue weighted by Gasteiger charge is -2.32. The van der Waals surface area contributed by atoms with Crippen molar-refractivity contribution >= 4 is 44.6 Å². The summed E-state index contributed by atoms with van der Waals surface area (Å²) in [6, 6.07) is 64.9. The highest BCUT2D eigenvalue weighted by Gasteiger charge is 2.33. The highest BCUT2D eigenvalue weighted by molar-refractivity contribution is 6.09. The largest absolute Gasteiger partial charge is 0.457 e. The minimum atomic E-state index is -0.216. The summed E-state index contributed by atoms with van der Waals surface area (Å²) in [5.41, 5.74) is 12.5. The van der Waals surface area contributed by atoms with Crippen molar-refractivity contribution in [1.29, 1.82) is 0 Å². The van der Waals surface area contributed by atoms with Crippen molar-refractivity contribution in [3.63, 3.8) is 0 Å². The predicted octanol–water partition coefficient (Wildman–Crippen LogP) is 14.5. The van der Waals surface area contributed by atoms with Gasteiger partial charge in [0.1, 0.15) is 24.0 Å². The van der Waals surface area contributed by atoms with Crippen LogP contribution in [0.2, 0.25) is 0 Å². The predicted molar refractivity (Wildman–Crippen MR) is 250 cm³/mol. The van der Waals surface area contributed by atoms with E-state index >= 15 is 0 Å². The highest BCUT2D eigenvalue weighted by Crippen LogP contribution is 2.49. The van der Waals surface area contributed by atoms with Gasteiger partial charge in [0.25, 0.3) is 0 Å². The van der Waals surface area contributed by atoms with E-state index in [2.05, 4.69) is 231 Å². The van der Waals surface area contributed by atoms with Crippen LogP contribution in [0.3, 0.4) is 0 Å². The van der Waals surface area contributed by atoms with Crippen LogP contribution >= 0.6 is 0 Å². The SMILES string of the molecule is CC(C)(C)c1ccnc(-n2c3ccccc3c3ccc(Oc4cc(-c5ccccc5)cc(N5CN(c6ccccc6C(C)(C)c6ccccc6)c6ccccc65)c4)cc32)c1. The number of para-hydroxylation sites is 4. The third-order valence-electron chi connectivity index (χ3n) is 12.1. The second-order valence-electron chi connectivity index (χ2n) is 17.4. The fourth-order valence-corrected chi connectivity index (χ4v) is 8.89.